The van der Waals surface area contributed by atoms with Crippen LogP contribution in [0.15, 0.2) is 29.3 Å². The van der Waals surface area contributed by atoms with Crippen molar-refractivity contribution < 1.29 is 19.8 Å². The summed E-state index contributed by atoms with van der Waals surface area (Å²) in [6.45, 7) is 0.270. The molecular weight excluding hydrogens is 302 g/mol. The quantitative estimate of drug-likeness (QED) is 0.202. The van der Waals surface area contributed by atoms with Gasteiger partial charge in [0.15, 0.2) is 5.96 Å². The molecule has 2 atom stereocenters. The highest BCUT2D eigenvalue weighted by atomic mass is 16.4. The summed E-state index contributed by atoms with van der Waals surface area (Å²) in [5, 5.41) is 20.7. The van der Waals surface area contributed by atoms with Crippen LogP contribution in [0, 0.1) is 0 Å². The van der Waals surface area contributed by atoms with E-state index in [1.807, 2.05) is 0 Å². The number of nitrogens with two attached hydrogens (primary N) is 3. The van der Waals surface area contributed by atoms with E-state index in [-0.39, 0.29) is 24.7 Å². The fourth-order valence-electron chi connectivity index (χ4n) is 1.86. The number of nitrogens with one attached hydrogen (secondary N) is 1. The van der Waals surface area contributed by atoms with Crippen LogP contribution in [0.5, 0.6) is 5.75 Å². The molecule has 1 aromatic carbocycles. The lowest BCUT2D eigenvalue weighted by Gasteiger charge is -2.18. The van der Waals surface area contributed by atoms with E-state index in [4.69, 9.17) is 22.3 Å². The molecule has 1 aromatic rings. The number of nitrogens with zero attached hydrogens (tertiary/aromatic N) is 1. The molecule has 0 spiro atoms. The Morgan fingerprint density at radius 3 is 2.35 bits per heavy atom. The van der Waals surface area contributed by atoms with Gasteiger partial charge in [0.2, 0.25) is 5.91 Å². The standard InChI is InChI=1S/C14H21N5O4/c15-11(8-3-5-9(20)6-4-8)12(21)19-10(13(22)23)2-1-7-18-14(16)17/h3-6,10-11,20H,1-2,7,15H2,(H,19,21)(H,22,23)(H4,16,17,18)/t10-,11-/m0/s1. The molecule has 0 saturated heterocycles. The van der Waals surface area contributed by atoms with E-state index in [9.17, 15) is 14.7 Å². The lowest BCUT2D eigenvalue weighted by atomic mass is 10.1. The number of aliphatic imine (C=N–C) groups is 1. The van der Waals surface area contributed by atoms with Crippen LogP contribution in [-0.2, 0) is 9.59 Å². The number of carbonyl (C=O) groups is 2. The molecule has 23 heavy (non-hydrogen) atoms. The lowest BCUT2D eigenvalue weighted by molar-refractivity contribution is -0.142. The zero-order valence-corrected chi connectivity index (χ0v) is 12.5. The topological polar surface area (TPSA) is 177 Å². The van der Waals surface area contributed by atoms with Gasteiger partial charge >= 0.3 is 5.97 Å². The van der Waals surface area contributed by atoms with Crippen LogP contribution in [0.4, 0.5) is 0 Å². The van der Waals surface area contributed by atoms with E-state index in [1.165, 1.54) is 24.3 Å². The number of amides is 1. The van der Waals surface area contributed by atoms with Crippen molar-refractivity contribution in [2.24, 2.45) is 22.2 Å². The maximum Gasteiger partial charge on any atom is 0.326 e. The van der Waals surface area contributed by atoms with Crippen LogP contribution in [0.25, 0.3) is 0 Å². The van der Waals surface area contributed by atoms with Crippen molar-refractivity contribution >= 4 is 17.8 Å². The third-order valence-corrected chi connectivity index (χ3v) is 3.09. The number of aliphatic carboxylic acids is 1. The molecule has 0 aliphatic carbocycles. The SMILES string of the molecule is NC(N)=NCCC[C@H](NC(=O)[C@@H](N)c1ccc(O)cc1)C(=O)O. The largest absolute Gasteiger partial charge is 0.508 e. The first-order valence-electron chi connectivity index (χ1n) is 6.94. The maximum absolute atomic E-state index is 12.1. The Kier molecular flexibility index (Phi) is 6.81. The molecule has 0 bridgehead atoms. The molecule has 9 N–H and O–H groups in total. The third kappa shape index (κ3) is 6.22. The first-order chi connectivity index (χ1) is 10.8. The third-order valence-electron chi connectivity index (χ3n) is 3.09. The van der Waals surface area contributed by atoms with Crippen molar-refractivity contribution in [3.63, 3.8) is 0 Å². The highest BCUT2D eigenvalue weighted by Crippen LogP contribution is 2.15. The van der Waals surface area contributed by atoms with Gasteiger partial charge < -0.3 is 32.7 Å². The minimum atomic E-state index is -1.17. The Balaban J connectivity index is 2.61. The van der Waals surface area contributed by atoms with Crippen LogP contribution in [-0.4, -0.2) is 40.6 Å². The van der Waals surface area contributed by atoms with E-state index in [2.05, 4.69) is 10.3 Å². The highest BCUT2D eigenvalue weighted by molar-refractivity contribution is 5.87. The predicted octanol–water partition coefficient (Wildman–Crippen LogP) is -0.985. The summed E-state index contributed by atoms with van der Waals surface area (Å²) in [7, 11) is 0. The molecule has 0 unspecified atom stereocenters. The van der Waals surface area contributed by atoms with E-state index in [0.717, 1.165) is 0 Å². The van der Waals surface area contributed by atoms with Crippen LogP contribution in [0.3, 0.4) is 0 Å². The van der Waals surface area contributed by atoms with E-state index >= 15 is 0 Å². The minimum absolute atomic E-state index is 0.0458. The predicted molar refractivity (Wildman–Crippen MR) is 84.5 cm³/mol. The van der Waals surface area contributed by atoms with E-state index in [1.54, 1.807) is 0 Å². The van der Waals surface area contributed by atoms with Crippen LogP contribution < -0.4 is 22.5 Å². The summed E-state index contributed by atoms with van der Waals surface area (Å²) < 4.78 is 0. The Morgan fingerprint density at radius 1 is 1.22 bits per heavy atom. The number of carboxylic acids is 1. The fraction of sp³-hybridized carbons (Fsp3) is 0.357. The van der Waals surface area contributed by atoms with Crippen molar-refractivity contribution in [1.29, 1.82) is 0 Å². The molecule has 9 heteroatoms. The average molecular weight is 323 g/mol. The molecule has 0 aliphatic heterocycles. The minimum Gasteiger partial charge on any atom is -0.508 e. The van der Waals surface area contributed by atoms with Crippen molar-refractivity contribution in [3.8, 4) is 5.75 Å². The van der Waals surface area contributed by atoms with E-state index in [0.29, 0.717) is 12.0 Å². The molecule has 0 aromatic heterocycles. The second-order valence-corrected chi connectivity index (χ2v) is 4.92. The first kappa shape index (κ1) is 18.2. The van der Waals surface area contributed by atoms with E-state index < -0.39 is 24.0 Å². The number of carbonyl (C=O) groups excluding carboxylic acids is 1. The second-order valence-electron chi connectivity index (χ2n) is 4.92. The summed E-state index contributed by atoms with van der Waals surface area (Å²) in [5.74, 6) is -1.81. The molecule has 0 heterocycles. The lowest BCUT2D eigenvalue weighted by Crippen LogP contribution is -2.45. The zero-order chi connectivity index (χ0) is 17.4. The number of hydrogen-bond acceptors (Lipinski definition) is 5. The van der Waals surface area contributed by atoms with Crippen molar-refractivity contribution in [1.82, 2.24) is 5.32 Å². The van der Waals surface area contributed by atoms with Crippen molar-refractivity contribution in [2.75, 3.05) is 6.54 Å². The molecule has 9 nitrogen and oxygen atoms in total. The molecular formula is C14H21N5O4. The Morgan fingerprint density at radius 2 is 1.83 bits per heavy atom. The van der Waals surface area contributed by atoms with Gasteiger partial charge in [-0.05, 0) is 30.5 Å². The molecule has 126 valence electrons. The van der Waals surface area contributed by atoms with Crippen molar-refractivity contribution in [2.45, 2.75) is 24.9 Å². The highest BCUT2D eigenvalue weighted by Gasteiger charge is 2.23. The van der Waals surface area contributed by atoms with Crippen LogP contribution in [0.2, 0.25) is 0 Å². The van der Waals surface area contributed by atoms with Gasteiger partial charge in [0, 0.05) is 6.54 Å². The smallest absolute Gasteiger partial charge is 0.326 e. The van der Waals surface area contributed by atoms with Gasteiger partial charge in [0.1, 0.15) is 17.8 Å². The number of aromatic hydroxyl groups is 1. The summed E-state index contributed by atoms with van der Waals surface area (Å²) in [6, 6.07) is 3.66. The fourth-order valence-corrected chi connectivity index (χ4v) is 1.86. The number of guanidine groups is 1. The first-order valence-corrected chi connectivity index (χ1v) is 6.94. The molecule has 1 amide bonds. The second kappa shape index (κ2) is 8.59. The van der Waals surface area contributed by atoms with Gasteiger partial charge in [-0.1, -0.05) is 12.1 Å². The Labute approximate surface area is 133 Å². The summed E-state index contributed by atoms with van der Waals surface area (Å²) >= 11 is 0. The number of hydrogen-bond donors (Lipinski definition) is 6. The van der Waals surface area contributed by atoms with Crippen LogP contribution >= 0.6 is 0 Å². The number of rotatable bonds is 8. The monoisotopic (exact) mass is 323 g/mol. The number of phenolic OH excluding ortho intramolecular Hbond substituents is 1. The van der Waals surface area contributed by atoms with Gasteiger partial charge in [0.05, 0.1) is 0 Å². The van der Waals surface area contributed by atoms with Gasteiger partial charge in [0.25, 0.3) is 0 Å². The summed E-state index contributed by atoms with van der Waals surface area (Å²) in [5.41, 5.74) is 16.6. The van der Waals surface area contributed by atoms with Gasteiger partial charge in [-0.3, -0.25) is 9.79 Å². The van der Waals surface area contributed by atoms with Gasteiger partial charge in [-0.15, -0.1) is 0 Å². The normalized spacial score (nSPS) is 12.9. The molecule has 0 fully saturated rings. The molecule has 1 rings (SSSR count). The maximum atomic E-state index is 12.1. The number of benzene rings is 1. The summed E-state index contributed by atoms with van der Waals surface area (Å²) in [6.07, 6.45) is 0.559. The van der Waals surface area contributed by atoms with Crippen LogP contribution in [0.1, 0.15) is 24.4 Å². The summed E-state index contributed by atoms with van der Waals surface area (Å²) in [4.78, 5) is 27.0. The molecule has 0 saturated carbocycles. The average Bonchev–Trinajstić information content (AvgIpc) is 2.49. The van der Waals surface area contributed by atoms with Crippen molar-refractivity contribution in [3.05, 3.63) is 29.8 Å². The van der Waals surface area contributed by atoms with Gasteiger partial charge in [-0.25, -0.2) is 4.79 Å². The molecule has 0 radical (unpaired) electrons. The number of carboxylic acid groups (broad SMARTS) is 1. The number of phenols is 1. The zero-order valence-electron chi connectivity index (χ0n) is 12.5. The Hall–Kier alpha value is -2.81. The Bertz CT molecular complexity index is 569. The van der Waals surface area contributed by atoms with Gasteiger partial charge in [-0.2, -0.15) is 0 Å². The molecule has 0 aliphatic rings.